The number of ether oxygens (including phenoxy) is 2. The first-order valence-corrected chi connectivity index (χ1v) is 17.7. The molecule has 0 N–H and O–H groups in total. The molecular weight excluding hydrogens is 504 g/mol. The minimum atomic E-state index is -0.660. The highest BCUT2D eigenvalue weighted by molar-refractivity contribution is 5.76. The Morgan fingerprint density at radius 2 is 1.10 bits per heavy atom. The number of carbonyl (C=O) groups is 1. The second-order valence-corrected chi connectivity index (χ2v) is 12.1. The van der Waals surface area contributed by atoms with Gasteiger partial charge in [0, 0.05) is 13.5 Å². The van der Waals surface area contributed by atoms with E-state index in [1.165, 1.54) is 128 Å². The average Bonchev–Trinajstić information content (AvgIpc) is 2.99. The summed E-state index contributed by atoms with van der Waals surface area (Å²) in [5, 5.41) is 0. The van der Waals surface area contributed by atoms with Gasteiger partial charge in [-0.25, -0.2) is 4.79 Å². The number of hydrogen-bond acceptors (Lipinski definition) is 3. The standard InChI is InChI=1S/C38H66O3/c1-4-6-8-10-12-13-14-15-16-17-18-19-20-21-23-25-30-34-36(33-29-24-22-11-9-7-5-2)41-38(39)37(40-3)35-31-27-26-28-32-35/h25-28,30-32,36-37H,4-24,29,33-34H2,1-3H3/b30-25+/t36-,37-/m1/s1. The highest BCUT2D eigenvalue weighted by Crippen LogP contribution is 2.22. The third-order valence-corrected chi connectivity index (χ3v) is 8.25. The van der Waals surface area contributed by atoms with Crippen molar-refractivity contribution in [2.45, 2.75) is 180 Å². The molecule has 0 heterocycles. The van der Waals surface area contributed by atoms with Crippen LogP contribution in [-0.4, -0.2) is 19.2 Å². The second-order valence-electron chi connectivity index (χ2n) is 12.1. The van der Waals surface area contributed by atoms with Crippen molar-refractivity contribution in [3.8, 4) is 0 Å². The van der Waals surface area contributed by atoms with Crippen molar-refractivity contribution in [3.63, 3.8) is 0 Å². The highest BCUT2D eigenvalue weighted by Gasteiger charge is 2.24. The van der Waals surface area contributed by atoms with Crippen LogP contribution in [0.3, 0.4) is 0 Å². The lowest BCUT2D eigenvalue weighted by Gasteiger charge is -2.21. The Morgan fingerprint density at radius 1 is 0.634 bits per heavy atom. The van der Waals surface area contributed by atoms with Crippen molar-refractivity contribution in [3.05, 3.63) is 48.0 Å². The van der Waals surface area contributed by atoms with Gasteiger partial charge < -0.3 is 9.47 Å². The van der Waals surface area contributed by atoms with Crippen LogP contribution >= 0.6 is 0 Å². The Kier molecular flexibility index (Phi) is 26.0. The minimum Gasteiger partial charge on any atom is -0.460 e. The Morgan fingerprint density at radius 3 is 1.59 bits per heavy atom. The van der Waals surface area contributed by atoms with Crippen LogP contribution in [0, 0.1) is 0 Å². The molecule has 236 valence electrons. The summed E-state index contributed by atoms with van der Waals surface area (Å²) < 4.78 is 11.5. The molecule has 2 atom stereocenters. The molecule has 0 unspecified atom stereocenters. The van der Waals surface area contributed by atoms with E-state index in [1.807, 2.05) is 30.3 Å². The maximum atomic E-state index is 13.0. The molecule has 0 aliphatic carbocycles. The van der Waals surface area contributed by atoms with E-state index >= 15 is 0 Å². The third kappa shape index (κ3) is 21.7. The van der Waals surface area contributed by atoms with E-state index in [-0.39, 0.29) is 12.1 Å². The van der Waals surface area contributed by atoms with Crippen molar-refractivity contribution < 1.29 is 14.3 Å². The fraction of sp³-hybridized carbons (Fsp3) is 0.763. The fourth-order valence-corrected chi connectivity index (χ4v) is 5.60. The van der Waals surface area contributed by atoms with Crippen LogP contribution in [0.1, 0.15) is 180 Å². The summed E-state index contributed by atoms with van der Waals surface area (Å²) in [6, 6.07) is 9.68. The predicted octanol–water partition coefficient (Wildman–Crippen LogP) is 12.2. The van der Waals surface area contributed by atoms with Gasteiger partial charge in [-0.1, -0.05) is 178 Å². The Bertz CT molecular complexity index is 713. The quantitative estimate of drug-likeness (QED) is 0.0546. The van der Waals surface area contributed by atoms with Gasteiger partial charge in [0.1, 0.15) is 6.10 Å². The van der Waals surface area contributed by atoms with Crippen LogP contribution in [0.15, 0.2) is 42.5 Å². The van der Waals surface area contributed by atoms with Crippen LogP contribution in [0.5, 0.6) is 0 Å². The topological polar surface area (TPSA) is 35.5 Å². The Labute approximate surface area is 255 Å². The van der Waals surface area contributed by atoms with Gasteiger partial charge in [0.25, 0.3) is 0 Å². The number of allylic oxidation sites excluding steroid dienone is 1. The maximum absolute atomic E-state index is 13.0. The molecule has 0 radical (unpaired) electrons. The van der Waals surface area contributed by atoms with E-state index in [1.54, 1.807) is 7.11 Å². The number of methoxy groups -OCH3 is 1. The molecular formula is C38H66O3. The molecule has 1 rings (SSSR count). The molecule has 0 fully saturated rings. The normalized spacial score (nSPS) is 13.0. The zero-order chi connectivity index (χ0) is 29.6. The molecule has 3 nitrogen and oxygen atoms in total. The van der Waals surface area contributed by atoms with E-state index in [9.17, 15) is 4.79 Å². The number of unbranched alkanes of at least 4 members (excludes halogenated alkanes) is 20. The van der Waals surface area contributed by atoms with Gasteiger partial charge in [0.05, 0.1) is 0 Å². The lowest BCUT2D eigenvalue weighted by atomic mass is 10.0. The smallest absolute Gasteiger partial charge is 0.340 e. The van der Waals surface area contributed by atoms with Gasteiger partial charge >= 0.3 is 5.97 Å². The second kappa shape index (κ2) is 28.5. The summed E-state index contributed by atoms with van der Waals surface area (Å²) in [6.45, 7) is 4.55. The number of benzene rings is 1. The summed E-state index contributed by atoms with van der Waals surface area (Å²) in [4.78, 5) is 13.0. The highest BCUT2D eigenvalue weighted by atomic mass is 16.6. The van der Waals surface area contributed by atoms with Crippen molar-refractivity contribution in [2.24, 2.45) is 0 Å². The Balaban J connectivity index is 2.25. The van der Waals surface area contributed by atoms with Gasteiger partial charge in [0.2, 0.25) is 0 Å². The van der Waals surface area contributed by atoms with Crippen LogP contribution in [0.2, 0.25) is 0 Å². The molecule has 1 aromatic carbocycles. The summed E-state index contributed by atoms with van der Waals surface area (Å²) in [6.07, 6.45) is 35.1. The van der Waals surface area contributed by atoms with Gasteiger partial charge in [0.15, 0.2) is 6.10 Å². The fourth-order valence-electron chi connectivity index (χ4n) is 5.60. The summed E-state index contributed by atoms with van der Waals surface area (Å²) in [5.74, 6) is -0.271. The van der Waals surface area contributed by atoms with E-state index < -0.39 is 6.10 Å². The lowest BCUT2D eigenvalue weighted by molar-refractivity contribution is -0.161. The minimum absolute atomic E-state index is 0.0768. The van der Waals surface area contributed by atoms with Gasteiger partial charge in [-0.05, 0) is 31.2 Å². The first kappa shape index (κ1) is 37.4. The Hall–Kier alpha value is -1.61. The maximum Gasteiger partial charge on any atom is 0.340 e. The molecule has 0 aliphatic rings. The van der Waals surface area contributed by atoms with Gasteiger partial charge in [-0.2, -0.15) is 0 Å². The van der Waals surface area contributed by atoms with Crippen LogP contribution in [0.4, 0.5) is 0 Å². The molecule has 0 amide bonds. The molecule has 0 bridgehead atoms. The number of hydrogen-bond donors (Lipinski definition) is 0. The monoisotopic (exact) mass is 571 g/mol. The number of rotatable bonds is 29. The zero-order valence-electron chi connectivity index (χ0n) is 27.4. The number of carbonyl (C=O) groups excluding carboxylic acids is 1. The van der Waals surface area contributed by atoms with Crippen LogP contribution in [-0.2, 0) is 14.3 Å². The first-order valence-electron chi connectivity index (χ1n) is 17.7. The van der Waals surface area contributed by atoms with Crippen LogP contribution < -0.4 is 0 Å². The molecule has 0 aromatic heterocycles. The van der Waals surface area contributed by atoms with Crippen molar-refractivity contribution >= 4 is 5.97 Å². The summed E-state index contributed by atoms with van der Waals surface area (Å²) in [5.41, 5.74) is 0.850. The van der Waals surface area contributed by atoms with E-state index in [0.717, 1.165) is 31.2 Å². The van der Waals surface area contributed by atoms with Crippen molar-refractivity contribution in [2.75, 3.05) is 7.11 Å². The zero-order valence-corrected chi connectivity index (χ0v) is 27.4. The van der Waals surface area contributed by atoms with Gasteiger partial charge in [-0.15, -0.1) is 0 Å². The molecule has 1 aromatic rings. The van der Waals surface area contributed by atoms with E-state index in [0.29, 0.717) is 0 Å². The van der Waals surface area contributed by atoms with E-state index in [2.05, 4.69) is 26.0 Å². The third-order valence-electron chi connectivity index (χ3n) is 8.25. The predicted molar refractivity (Wildman–Crippen MR) is 177 cm³/mol. The summed E-state index contributed by atoms with van der Waals surface area (Å²) >= 11 is 0. The molecule has 0 saturated carbocycles. The van der Waals surface area contributed by atoms with Crippen LogP contribution in [0.25, 0.3) is 0 Å². The molecule has 41 heavy (non-hydrogen) atoms. The first-order chi connectivity index (χ1) is 20.2. The SMILES string of the molecule is CCCCCCCCCCCCCCCC/C=C/C[C@@H](CCCCCCCCC)OC(=O)[C@H](OC)c1ccccc1. The number of esters is 1. The van der Waals surface area contributed by atoms with E-state index in [4.69, 9.17) is 9.47 Å². The molecule has 0 aliphatic heterocycles. The lowest BCUT2D eigenvalue weighted by Crippen LogP contribution is -2.24. The molecule has 0 saturated heterocycles. The van der Waals surface area contributed by atoms with Crippen molar-refractivity contribution in [1.82, 2.24) is 0 Å². The summed E-state index contributed by atoms with van der Waals surface area (Å²) in [7, 11) is 1.58. The van der Waals surface area contributed by atoms with Gasteiger partial charge in [-0.3, -0.25) is 0 Å². The largest absolute Gasteiger partial charge is 0.460 e. The molecule has 0 spiro atoms. The average molecular weight is 571 g/mol. The molecule has 3 heteroatoms. The van der Waals surface area contributed by atoms with Crippen molar-refractivity contribution in [1.29, 1.82) is 0 Å².